The molecular weight excluding hydrogens is 468 g/mol. The van der Waals surface area contributed by atoms with Crippen LogP contribution in [0.5, 0.6) is 5.75 Å². The van der Waals surface area contributed by atoms with E-state index in [1.165, 1.54) is 11.3 Å². The molecule has 0 saturated carbocycles. The lowest BCUT2D eigenvalue weighted by atomic mass is 10.1. The van der Waals surface area contributed by atoms with Crippen LogP contribution in [0.25, 0.3) is 5.57 Å². The van der Waals surface area contributed by atoms with Gasteiger partial charge in [-0.05, 0) is 43.3 Å². The van der Waals surface area contributed by atoms with Gasteiger partial charge in [0, 0.05) is 21.4 Å². The van der Waals surface area contributed by atoms with Crippen LogP contribution in [-0.4, -0.2) is 23.7 Å². The Hall–Kier alpha value is -2.91. The summed E-state index contributed by atoms with van der Waals surface area (Å²) in [4.78, 5) is 33.2. The van der Waals surface area contributed by atoms with Crippen LogP contribution in [0.15, 0.2) is 56.7 Å². The van der Waals surface area contributed by atoms with E-state index in [1.807, 2.05) is 42.2 Å². The first-order valence-corrected chi connectivity index (χ1v) is 11.0. The monoisotopic (exact) mass is 484 g/mol. The average molecular weight is 485 g/mol. The van der Waals surface area contributed by atoms with Crippen LogP contribution in [-0.2, 0) is 11.5 Å². The van der Waals surface area contributed by atoms with Crippen molar-refractivity contribution in [3.05, 3.63) is 72.2 Å². The van der Waals surface area contributed by atoms with Gasteiger partial charge < -0.3 is 15.0 Å². The van der Waals surface area contributed by atoms with Gasteiger partial charge >= 0.3 is 0 Å². The van der Waals surface area contributed by atoms with E-state index in [9.17, 15) is 9.59 Å². The number of amides is 1. The average Bonchev–Trinajstić information content (AvgIpc) is 3.23. The summed E-state index contributed by atoms with van der Waals surface area (Å²) in [6, 6.07) is 13.3. The third kappa shape index (κ3) is 3.14. The minimum Gasteiger partial charge on any atom is -0.494 e. The second-order valence-corrected chi connectivity index (χ2v) is 8.77. The third-order valence-corrected chi connectivity index (χ3v) is 6.61. The molecule has 0 atom stereocenters. The molecule has 30 heavy (non-hydrogen) atoms. The smallest absolute Gasteiger partial charge is 0.272 e. The van der Waals surface area contributed by atoms with E-state index in [0.29, 0.717) is 51.9 Å². The predicted octanol–water partition coefficient (Wildman–Crippen LogP) is 2.28. The lowest BCUT2D eigenvalue weighted by Gasteiger charge is -2.25. The number of hydrogen-bond donors (Lipinski definition) is 1. The number of carbonyl (C=O) groups excluding carboxylic acids is 1. The van der Waals surface area contributed by atoms with E-state index in [2.05, 4.69) is 26.2 Å². The molecule has 0 aliphatic carbocycles. The molecular formula is C21H17BrN4O3S. The number of hydrogen-bond acceptors (Lipinski definition) is 6. The lowest BCUT2D eigenvalue weighted by Crippen LogP contribution is -2.43. The summed E-state index contributed by atoms with van der Waals surface area (Å²) >= 11 is 4.74. The van der Waals surface area contributed by atoms with Crippen LogP contribution >= 0.6 is 27.3 Å². The van der Waals surface area contributed by atoms with Gasteiger partial charge in [0.2, 0.25) is 0 Å². The molecule has 1 N–H and O–H groups in total. The van der Waals surface area contributed by atoms with Crippen molar-refractivity contribution in [2.45, 2.75) is 13.6 Å². The van der Waals surface area contributed by atoms with Gasteiger partial charge in [-0.3, -0.25) is 14.2 Å². The van der Waals surface area contributed by atoms with Crippen LogP contribution in [0.1, 0.15) is 12.5 Å². The molecule has 2 aromatic carbocycles. The number of nitrogens with one attached hydrogen (secondary N) is 1. The highest BCUT2D eigenvalue weighted by atomic mass is 79.9. The summed E-state index contributed by atoms with van der Waals surface area (Å²) in [5.74, 6) is 0.385. The normalized spacial score (nSPS) is 16.6. The highest BCUT2D eigenvalue weighted by molar-refractivity contribution is 9.10. The first-order valence-electron chi connectivity index (χ1n) is 9.42. The Morgan fingerprint density at radius 3 is 2.90 bits per heavy atom. The van der Waals surface area contributed by atoms with Gasteiger partial charge in [-0.15, -0.1) is 0 Å². The Balaban J connectivity index is 1.63. The maximum atomic E-state index is 13.3. The number of benzene rings is 2. The van der Waals surface area contributed by atoms with Crippen LogP contribution in [0.4, 0.5) is 11.4 Å². The van der Waals surface area contributed by atoms with E-state index in [0.717, 1.165) is 10.2 Å². The van der Waals surface area contributed by atoms with E-state index in [-0.39, 0.29) is 11.5 Å². The van der Waals surface area contributed by atoms with E-state index in [1.54, 1.807) is 16.7 Å². The van der Waals surface area contributed by atoms with Crippen molar-refractivity contribution in [2.75, 3.05) is 23.5 Å². The minimum absolute atomic E-state index is 0.210. The zero-order valence-electron chi connectivity index (χ0n) is 16.0. The van der Waals surface area contributed by atoms with Gasteiger partial charge in [0.15, 0.2) is 4.80 Å². The fourth-order valence-electron chi connectivity index (χ4n) is 3.63. The van der Waals surface area contributed by atoms with Gasteiger partial charge in [0.25, 0.3) is 11.5 Å². The first-order chi connectivity index (χ1) is 14.5. The second kappa shape index (κ2) is 7.41. The maximum absolute atomic E-state index is 13.3. The second-order valence-electron chi connectivity index (χ2n) is 6.88. The number of halogens is 1. The van der Waals surface area contributed by atoms with Crippen molar-refractivity contribution in [2.24, 2.45) is 4.99 Å². The number of thiazole rings is 1. The highest BCUT2D eigenvalue weighted by Crippen LogP contribution is 2.33. The number of rotatable bonds is 3. The zero-order valence-corrected chi connectivity index (χ0v) is 18.4. The Labute approximate surface area is 184 Å². The third-order valence-electron chi connectivity index (χ3n) is 5.00. The largest absolute Gasteiger partial charge is 0.494 e. The molecule has 9 heteroatoms. The fraction of sp³-hybridized carbons (Fsp3) is 0.190. The van der Waals surface area contributed by atoms with Gasteiger partial charge in [-0.2, -0.15) is 0 Å². The number of anilines is 2. The molecule has 2 aliphatic heterocycles. The number of fused-ring (bicyclic) bond motifs is 2. The number of ether oxygens (including phenoxy) is 1. The van der Waals surface area contributed by atoms with Gasteiger partial charge in [0.1, 0.15) is 23.6 Å². The molecule has 1 amide bonds. The summed E-state index contributed by atoms with van der Waals surface area (Å²) in [6.45, 7) is 3.25. The van der Waals surface area contributed by atoms with Crippen LogP contribution in [0.2, 0.25) is 0 Å². The van der Waals surface area contributed by atoms with E-state index in [4.69, 9.17) is 4.74 Å². The standard InChI is InChI=1S/C21H17BrN4O3S/c1-2-29-14-6-7-16-15(9-14)17(19(27)24-16)18-20(28)26-11-25(10-23-21(26)30-18)13-5-3-4-12(22)8-13/h3-9H,2,10-11H2,1H3,(H,24,27)/b18-17-. The number of carbonyl (C=O) groups is 1. The molecule has 0 bridgehead atoms. The molecule has 3 heterocycles. The van der Waals surface area contributed by atoms with Crippen LogP contribution < -0.4 is 29.8 Å². The SMILES string of the molecule is CCOc1ccc2c(c1)/C(=c1/sc3n(c1=O)CN(c1cccc(Br)c1)CN=3)C(=O)N2. The van der Waals surface area contributed by atoms with Crippen molar-refractivity contribution >= 4 is 50.1 Å². The van der Waals surface area contributed by atoms with Crippen molar-refractivity contribution in [3.63, 3.8) is 0 Å². The minimum atomic E-state index is -0.279. The van der Waals surface area contributed by atoms with Gasteiger partial charge in [0.05, 0.1) is 12.2 Å². The Bertz CT molecular complexity index is 1360. The van der Waals surface area contributed by atoms with Crippen LogP contribution in [0.3, 0.4) is 0 Å². The topological polar surface area (TPSA) is 75.9 Å². The lowest BCUT2D eigenvalue weighted by molar-refractivity contribution is -0.110. The number of aromatic nitrogens is 1. The van der Waals surface area contributed by atoms with Gasteiger partial charge in [-0.1, -0.05) is 33.3 Å². The molecule has 0 radical (unpaired) electrons. The van der Waals surface area contributed by atoms with Crippen molar-refractivity contribution in [1.82, 2.24) is 4.57 Å². The fourth-order valence-corrected chi connectivity index (χ4v) is 5.07. The van der Waals surface area contributed by atoms with Gasteiger partial charge in [-0.25, -0.2) is 4.99 Å². The molecule has 5 rings (SSSR count). The molecule has 0 unspecified atom stereocenters. The summed E-state index contributed by atoms with van der Waals surface area (Å²) in [5.41, 5.74) is 2.51. The molecule has 0 spiro atoms. The van der Waals surface area contributed by atoms with Crippen LogP contribution in [0, 0.1) is 0 Å². The summed E-state index contributed by atoms with van der Waals surface area (Å²) in [7, 11) is 0. The molecule has 1 aromatic heterocycles. The zero-order chi connectivity index (χ0) is 20.8. The summed E-state index contributed by atoms with van der Waals surface area (Å²) < 4.78 is 8.55. The Morgan fingerprint density at radius 2 is 2.10 bits per heavy atom. The quantitative estimate of drug-likeness (QED) is 0.618. The molecule has 7 nitrogen and oxygen atoms in total. The van der Waals surface area contributed by atoms with Crippen molar-refractivity contribution < 1.29 is 9.53 Å². The maximum Gasteiger partial charge on any atom is 0.272 e. The molecule has 3 aromatic rings. The van der Waals surface area contributed by atoms with E-state index < -0.39 is 0 Å². The summed E-state index contributed by atoms with van der Waals surface area (Å²) in [6.07, 6.45) is 0. The predicted molar refractivity (Wildman–Crippen MR) is 120 cm³/mol. The molecule has 152 valence electrons. The van der Waals surface area contributed by atoms with E-state index >= 15 is 0 Å². The molecule has 0 saturated heterocycles. The van der Waals surface area contributed by atoms with Crippen molar-refractivity contribution in [1.29, 1.82) is 0 Å². The number of nitrogens with zero attached hydrogens (tertiary/aromatic N) is 3. The Kier molecular flexibility index (Phi) is 4.71. The summed E-state index contributed by atoms with van der Waals surface area (Å²) in [5, 5.41) is 2.84. The van der Waals surface area contributed by atoms with Crippen molar-refractivity contribution in [3.8, 4) is 5.75 Å². The Morgan fingerprint density at radius 1 is 1.23 bits per heavy atom. The molecule has 2 aliphatic rings. The molecule has 0 fully saturated rings. The highest BCUT2D eigenvalue weighted by Gasteiger charge is 2.28. The first kappa shape index (κ1) is 19.1.